The van der Waals surface area contributed by atoms with Gasteiger partial charge in [-0.1, -0.05) is 36.4 Å². The number of fused-ring (bicyclic) bond motifs is 1. The van der Waals surface area contributed by atoms with Crippen LogP contribution in [0.4, 0.5) is 0 Å². The second-order valence-electron chi connectivity index (χ2n) is 8.12. The van der Waals surface area contributed by atoms with E-state index in [1.165, 1.54) is 5.56 Å². The molecule has 0 N–H and O–H groups in total. The number of pyridine rings is 1. The molecule has 2 aliphatic rings. The van der Waals surface area contributed by atoms with Crippen molar-refractivity contribution in [1.82, 2.24) is 14.8 Å². The van der Waals surface area contributed by atoms with Gasteiger partial charge in [-0.05, 0) is 36.1 Å². The maximum absolute atomic E-state index is 12.7. The Morgan fingerprint density at radius 1 is 1.21 bits per heavy atom. The molecule has 4 rings (SSSR count). The number of rotatable bonds is 6. The first-order valence-corrected chi connectivity index (χ1v) is 10.2. The van der Waals surface area contributed by atoms with Crippen molar-refractivity contribution in [3.8, 4) is 0 Å². The van der Waals surface area contributed by atoms with E-state index in [0.29, 0.717) is 24.8 Å². The van der Waals surface area contributed by atoms with Crippen LogP contribution >= 0.6 is 0 Å². The van der Waals surface area contributed by atoms with E-state index in [0.717, 1.165) is 38.2 Å². The molecule has 1 amide bonds. The Kier molecular flexibility index (Phi) is 6.03. The van der Waals surface area contributed by atoms with Crippen LogP contribution in [-0.4, -0.2) is 53.5 Å². The number of hydrogen-bond donors (Lipinski definition) is 0. The number of piperidine rings is 1. The van der Waals surface area contributed by atoms with Gasteiger partial charge in [0.25, 0.3) is 0 Å². The maximum atomic E-state index is 12.7. The molecule has 1 aromatic heterocycles. The highest BCUT2D eigenvalue weighted by Crippen LogP contribution is 2.36. The Balaban J connectivity index is 1.28. The molecule has 0 radical (unpaired) electrons. The fourth-order valence-corrected chi connectivity index (χ4v) is 4.54. The van der Waals surface area contributed by atoms with Gasteiger partial charge in [0.1, 0.15) is 0 Å². The van der Waals surface area contributed by atoms with Gasteiger partial charge in [0.05, 0.1) is 19.1 Å². The Morgan fingerprint density at radius 3 is 2.82 bits per heavy atom. The number of aromatic nitrogens is 1. The van der Waals surface area contributed by atoms with Crippen molar-refractivity contribution in [2.24, 2.45) is 11.8 Å². The smallest absolute Gasteiger partial charge is 0.225 e. The number of hydrogen-bond acceptors (Lipinski definition) is 4. The van der Waals surface area contributed by atoms with Crippen LogP contribution < -0.4 is 0 Å². The Labute approximate surface area is 167 Å². The molecule has 3 atom stereocenters. The summed E-state index contributed by atoms with van der Waals surface area (Å²) < 4.78 is 6.08. The molecule has 1 aromatic carbocycles. The first-order valence-electron chi connectivity index (χ1n) is 10.2. The molecule has 2 fully saturated rings. The van der Waals surface area contributed by atoms with Gasteiger partial charge in [-0.25, -0.2) is 0 Å². The van der Waals surface area contributed by atoms with E-state index in [2.05, 4.69) is 28.1 Å². The van der Waals surface area contributed by atoms with Crippen molar-refractivity contribution in [2.75, 3.05) is 26.7 Å². The first-order chi connectivity index (χ1) is 13.7. The van der Waals surface area contributed by atoms with E-state index in [1.54, 1.807) is 0 Å². The highest BCUT2D eigenvalue weighted by Gasteiger charge is 2.41. The summed E-state index contributed by atoms with van der Waals surface area (Å²) in [6, 6.07) is 14.3. The minimum absolute atomic E-state index is 0.0660. The second kappa shape index (κ2) is 8.84. The van der Waals surface area contributed by atoms with Gasteiger partial charge in [0.2, 0.25) is 5.91 Å². The minimum atomic E-state index is 0.0660. The zero-order valence-corrected chi connectivity index (χ0v) is 16.5. The van der Waals surface area contributed by atoms with Gasteiger partial charge in [0, 0.05) is 45.0 Å². The SMILES string of the molecule is CN(Cc1ccccc1)C(=O)C[C@@H]1OC[C@H]2CN(Cc3cccnc3)CC[C@H]21. The first kappa shape index (κ1) is 19.1. The summed E-state index contributed by atoms with van der Waals surface area (Å²) in [5.74, 6) is 1.20. The van der Waals surface area contributed by atoms with E-state index < -0.39 is 0 Å². The molecule has 5 nitrogen and oxygen atoms in total. The fourth-order valence-electron chi connectivity index (χ4n) is 4.54. The van der Waals surface area contributed by atoms with Gasteiger partial charge in [-0.3, -0.25) is 14.7 Å². The van der Waals surface area contributed by atoms with E-state index >= 15 is 0 Å². The molecule has 0 bridgehead atoms. The van der Waals surface area contributed by atoms with Gasteiger partial charge in [-0.2, -0.15) is 0 Å². The highest BCUT2D eigenvalue weighted by molar-refractivity contribution is 5.76. The zero-order valence-electron chi connectivity index (χ0n) is 16.5. The largest absolute Gasteiger partial charge is 0.377 e. The van der Waals surface area contributed by atoms with Crippen LogP contribution in [0, 0.1) is 11.8 Å². The molecule has 5 heteroatoms. The Morgan fingerprint density at radius 2 is 2.04 bits per heavy atom. The standard InChI is InChI=1S/C23H29N3O2/c1-25(14-18-6-3-2-4-7-18)23(27)12-22-21-9-11-26(16-20(21)17-28-22)15-19-8-5-10-24-13-19/h2-8,10,13,20-22H,9,11-12,14-17H2,1H3/t20-,21-,22+/m1/s1. The lowest BCUT2D eigenvalue weighted by molar-refractivity contribution is -0.133. The zero-order chi connectivity index (χ0) is 19.3. The van der Waals surface area contributed by atoms with Crippen molar-refractivity contribution in [2.45, 2.75) is 32.0 Å². The van der Waals surface area contributed by atoms with Crippen LogP contribution in [0.3, 0.4) is 0 Å². The number of amides is 1. The maximum Gasteiger partial charge on any atom is 0.225 e. The Hall–Kier alpha value is -2.24. The van der Waals surface area contributed by atoms with Crippen molar-refractivity contribution in [3.05, 3.63) is 66.0 Å². The van der Waals surface area contributed by atoms with Crippen LogP contribution in [-0.2, 0) is 22.6 Å². The third-order valence-corrected chi connectivity index (χ3v) is 6.07. The van der Waals surface area contributed by atoms with Crippen LogP contribution in [0.1, 0.15) is 24.0 Å². The Bertz CT molecular complexity index is 768. The number of nitrogens with zero attached hydrogens (tertiary/aromatic N) is 3. The molecule has 0 aliphatic carbocycles. The van der Waals surface area contributed by atoms with Crippen LogP contribution in [0.25, 0.3) is 0 Å². The average Bonchev–Trinajstić information content (AvgIpc) is 3.11. The van der Waals surface area contributed by atoms with Gasteiger partial charge < -0.3 is 9.64 Å². The van der Waals surface area contributed by atoms with Gasteiger partial charge in [-0.15, -0.1) is 0 Å². The molecule has 2 aromatic rings. The minimum Gasteiger partial charge on any atom is -0.377 e. The third kappa shape index (κ3) is 4.59. The summed E-state index contributed by atoms with van der Waals surface area (Å²) in [4.78, 5) is 21.2. The van der Waals surface area contributed by atoms with Gasteiger partial charge >= 0.3 is 0 Å². The highest BCUT2D eigenvalue weighted by atomic mass is 16.5. The number of carbonyl (C=O) groups excluding carboxylic acids is 1. The monoisotopic (exact) mass is 379 g/mol. The second-order valence-corrected chi connectivity index (χ2v) is 8.12. The summed E-state index contributed by atoms with van der Waals surface area (Å²) in [7, 11) is 1.89. The lowest BCUT2D eigenvalue weighted by atomic mass is 9.83. The van der Waals surface area contributed by atoms with Crippen molar-refractivity contribution in [3.63, 3.8) is 0 Å². The van der Waals surface area contributed by atoms with Crippen LogP contribution in [0.15, 0.2) is 54.9 Å². The lowest BCUT2D eigenvalue weighted by Gasteiger charge is -2.35. The summed E-state index contributed by atoms with van der Waals surface area (Å²) in [6.07, 6.45) is 5.42. The van der Waals surface area contributed by atoms with Crippen LogP contribution in [0.5, 0.6) is 0 Å². The predicted octanol–water partition coefficient (Wildman–Crippen LogP) is 2.97. The molecule has 2 aliphatic heterocycles. The third-order valence-electron chi connectivity index (χ3n) is 6.07. The number of likely N-dealkylation sites (tertiary alicyclic amines) is 1. The summed E-state index contributed by atoms with van der Waals surface area (Å²) in [5.41, 5.74) is 2.42. The summed E-state index contributed by atoms with van der Waals surface area (Å²) >= 11 is 0. The topological polar surface area (TPSA) is 45.7 Å². The molecule has 0 unspecified atom stereocenters. The molecule has 0 spiro atoms. The van der Waals surface area contributed by atoms with E-state index in [-0.39, 0.29) is 12.0 Å². The van der Waals surface area contributed by atoms with Crippen molar-refractivity contribution in [1.29, 1.82) is 0 Å². The molecule has 148 valence electrons. The molecule has 2 saturated heterocycles. The van der Waals surface area contributed by atoms with E-state index in [1.807, 2.05) is 48.6 Å². The number of carbonyl (C=O) groups is 1. The van der Waals surface area contributed by atoms with Crippen molar-refractivity contribution >= 4 is 5.91 Å². The number of benzene rings is 1. The fraction of sp³-hybridized carbons (Fsp3) is 0.478. The number of ether oxygens (including phenoxy) is 1. The molecule has 3 heterocycles. The molecular formula is C23H29N3O2. The lowest BCUT2D eigenvalue weighted by Crippen LogP contribution is -2.42. The quantitative estimate of drug-likeness (QED) is 0.774. The van der Waals surface area contributed by atoms with Crippen LogP contribution in [0.2, 0.25) is 0 Å². The van der Waals surface area contributed by atoms with E-state index in [9.17, 15) is 4.79 Å². The summed E-state index contributed by atoms with van der Waals surface area (Å²) in [5, 5.41) is 0. The van der Waals surface area contributed by atoms with Crippen molar-refractivity contribution < 1.29 is 9.53 Å². The van der Waals surface area contributed by atoms with Gasteiger partial charge in [0.15, 0.2) is 0 Å². The molecular weight excluding hydrogens is 350 g/mol. The normalized spacial score (nSPS) is 24.7. The van der Waals surface area contributed by atoms with E-state index in [4.69, 9.17) is 4.74 Å². The average molecular weight is 380 g/mol. The molecule has 0 saturated carbocycles. The molecule has 28 heavy (non-hydrogen) atoms. The predicted molar refractivity (Wildman–Crippen MR) is 108 cm³/mol. The summed E-state index contributed by atoms with van der Waals surface area (Å²) in [6.45, 7) is 4.47.